The zero-order valence-corrected chi connectivity index (χ0v) is 11.9. The van der Waals surface area contributed by atoms with Crippen molar-refractivity contribution in [3.8, 4) is 11.5 Å². The van der Waals surface area contributed by atoms with Crippen molar-refractivity contribution >= 4 is 26.9 Å². The summed E-state index contributed by atoms with van der Waals surface area (Å²) in [5.74, 6) is -1.10. The maximum absolute atomic E-state index is 11.8. The molecule has 1 aliphatic heterocycles. The number of benzene rings is 1. The minimum absolute atomic E-state index is 0.0600. The van der Waals surface area contributed by atoms with E-state index in [0.717, 1.165) is 12.3 Å². The molecule has 22 heavy (non-hydrogen) atoms. The molecule has 1 aromatic heterocycles. The van der Waals surface area contributed by atoms with Gasteiger partial charge in [-0.3, -0.25) is 0 Å². The van der Waals surface area contributed by atoms with Crippen molar-refractivity contribution in [1.82, 2.24) is 4.72 Å². The molecule has 0 unspecified atom stereocenters. The number of phenolic OH excluding ortho intramolecular Hbond substituents is 1. The number of aliphatic hydroxyl groups excluding tert-OH is 1. The molecule has 0 fully saturated rings. The third-order valence-corrected chi connectivity index (χ3v) is 4.27. The molecule has 3 N–H and O–H groups in total. The van der Waals surface area contributed by atoms with Gasteiger partial charge in [0.1, 0.15) is 17.0 Å². The largest absolute Gasteiger partial charge is 0.506 e. The van der Waals surface area contributed by atoms with Crippen LogP contribution in [-0.4, -0.2) is 25.7 Å². The number of phenols is 1. The van der Waals surface area contributed by atoms with E-state index in [2.05, 4.69) is 0 Å². The maximum Gasteiger partial charge on any atom is 0.379 e. The Morgan fingerprint density at radius 2 is 2.00 bits per heavy atom. The number of rotatable bonds is 2. The molecule has 0 radical (unpaired) electrons. The van der Waals surface area contributed by atoms with E-state index >= 15 is 0 Å². The smallest absolute Gasteiger partial charge is 0.379 e. The van der Waals surface area contributed by atoms with Crippen LogP contribution in [0.3, 0.4) is 0 Å². The highest BCUT2D eigenvalue weighted by Crippen LogP contribution is 2.35. The van der Waals surface area contributed by atoms with Gasteiger partial charge in [-0.05, 0) is 12.1 Å². The van der Waals surface area contributed by atoms with Crippen molar-refractivity contribution in [2.45, 2.75) is 0 Å². The quantitative estimate of drug-likeness (QED) is 0.686. The summed E-state index contributed by atoms with van der Waals surface area (Å²) >= 11 is 0. The Morgan fingerprint density at radius 1 is 1.27 bits per heavy atom. The zero-order valence-electron chi connectivity index (χ0n) is 11.1. The van der Waals surface area contributed by atoms with Gasteiger partial charge in [0, 0.05) is 11.5 Å². The van der Waals surface area contributed by atoms with Crippen molar-refractivity contribution in [3.63, 3.8) is 0 Å². The van der Waals surface area contributed by atoms with E-state index in [1.165, 1.54) is 19.2 Å². The van der Waals surface area contributed by atoms with Crippen LogP contribution in [0, 0.1) is 0 Å². The number of ether oxygens (including phenoxy) is 1. The second kappa shape index (κ2) is 4.56. The fraction of sp³-hybridized carbons (Fsp3) is 0.0833. The van der Waals surface area contributed by atoms with Gasteiger partial charge in [-0.25, -0.2) is 13.8 Å². The van der Waals surface area contributed by atoms with Crippen molar-refractivity contribution in [2.75, 3.05) is 11.4 Å². The van der Waals surface area contributed by atoms with Crippen LogP contribution in [-0.2, 0) is 10.2 Å². The Kier molecular flexibility index (Phi) is 2.92. The first-order valence-electron chi connectivity index (χ1n) is 5.89. The highest BCUT2D eigenvalue weighted by atomic mass is 32.2. The third-order valence-electron chi connectivity index (χ3n) is 2.99. The minimum atomic E-state index is -4.05. The van der Waals surface area contributed by atoms with Crippen LogP contribution in [0.5, 0.6) is 11.5 Å². The Balaban J connectivity index is 2.25. The van der Waals surface area contributed by atoms with Crippen LogP contribution in [0.4, 0.5) is 5.69 Å². The Labute approximate surface area is 123 Å². The number of fused-ring (bicyclic) bond motifs is 1. The van der Waals surface area contributed by atoms with E-state index in [4.69, 9.17) is 9.15 Å². The van der Waals surface area contributed by atoms with Crippen molar-refractivity contribution in [1.29, 1.82) is 0 Å². The lowest BCUT2D eigenvalue weighted by Gasteiger charge is -2.15. The van der Waals surface area contributed by atoms with Crippen LogP contribution in [0.25, 0.3) is 11.0 Å². The summed E-state index contributed by atoms with van der Waals surface area (Å²) in [7, 11) is -2.76. The van der Waals surface area contributed by atoms with Gasteiger partial charge in [-0.2, -0.15) is 8.42 Å². The fourth-order valence-electron chi connectivity index (χ4n) is 2.03. The second-order valence-electron chi connectivity index (χ2n) is 4.40. The summed E-state index contributed by atoms with van der Waals surface area (Å²) in [4.78, 5) is 11.5. The molecule has 0 saturated carbocycles. The standard InChI is InChI=1S/C12H10N2O7S/c1-20-10-3-6-2-7(8(15)4-9(6)21-12(10)17)14-5-11(16)13-22(14,18)19/h2-5,13,15-16H,1H3. The molecule has 0 aliphatic carbocycles. The lowest BCUT2D eigenvalue weighted by Crippen LogP contribution is -2.29. The van der Waals surface area contributed by atoms with Gasteiger partial charge in [0.25, 0.3) is 0 Å². The summed E-state index contributed by atoms with van der Waals surface area (Å²) < 4.78 is 36.0. The van der Waals surface area contributed by atoms with Gasteiger partial charge in [-0.1, -0.05) is 0 Å². The Bertz CT molecular complexity index is 961. The minimum Gasteiger partial charge on any atom is -0.506 e. The van der Waals surface area contributed by atoms with E-state index in [-0.39, 0.29) is 17.0 Å². The molecule has 0 atom stereocenters. The molecule has 2 aromatic rings. The molecule has 9 nitrogen and oxygen atoms in total. The first-order chi connectivity index (χ1) is 10.3. The molecule has 3 rings (SSSR count). The number of nitrogens with one attached hydrogen (secondary N) is 1. The number of aromatic hydroxyl groups is 1. The first kappa shape index (κ1) is 14.1. The van der Waals surface area contributed by atoms with Crippen LogP contribution < -0.4 is 19.4 Å². The fourth-order valence-corrected chi connectivity index (χ4v) is 3.09. The molecular formula is C12H10N2O7S. The molecule has 0 saturated heterocycles. The topological polar surface area (TPSA) is 129 Å². The average Bonchev–Trinajstić information content (AvgIpc) is 2.70. The normalized spacial score (nSPS) is 16.4. The van der Waals surface area contributed by atoms with E-state index in [0.29, 0.717) is 9.69 Å². The SMILES string of the molecule is COc1cc2cc(N3C=C(O)NS3(=O)=O)c(O)cc2oc1=O. The predicted molar refractivity (Wildman–Crippen MR) is 75.9 cm³/mol. The maximum atomic E-state index is 11.8. The number of nitrogens with zero attached hydrogens (tertiary/aromatic N) is 1. The number of aliphatic hydroxyl groups is 1. The average molecular weight is 326 g/mol. The number of anilines is 1. The van der Waals surface area contributed by atoms with Crippen molar-refractivity contribution < 1.29 is 27.8 Å². The van der Waals surface area contributed by atoms with Gasteiger partial charge >= 0.3 is 15.8 Å². The number of hydrogen-bond donors (Lipinski definition) is 3. The molecule has 0 amide bonds. The zero-order chi connectivity index (χ0) is 16.1. The first-order valence-corrected chi connectivity index (χ1v) is 7.33. The van der Waals surface area contributed by atoms with E-state index in [9.17, 15) is 23.4 Å². The van der Waals surface area contributed by atoms with Gasteiger partial charge in [-0.15, -0.1) is 0 Å². The summed E-state index contributed by atoms with van der Waals surface area (Å²) in [5.41, 5.74) is -0.792. The molecule has 0 bridgehead atoms. The summed E-state index contributed by atoms with van der Waals surface area (Å²) in [6.45, 7) is 0. The van der Waals surface area contributed by atoms with E-state index in [1.54, 1.807) is 0 Å². The monoisotopic (exact) mass is 326 g/mol. The lowest BCUT2D eigenvalue weighted by molar-refractivity contribution is 0.385. The van der Waals surface area contributed by atoms with Crippen LogP contribution in [0.15, 0.2) is 39.5 Å². The van der Waals surface area contributed by atoms with Gasteiger partial charge < -0.3 is 19.4 Å². The third kappa shape index (κ3) is 2.09. The second-order valence-corrected chi connectivity index (χ2v) is 5.95. The summed E-state index contributed by atoms with van der Waals surface area (Å²) in [6.07, 6.45) is 0.895. The molecule has 1 aromatic carbocycles. The summed E-state index contributed by atoms with van der Waals surface area (Å²) in [6, 6.07) is 3.73. The highest BCUT2D eigenvalue weighted by Gasteiger charge is 2.31. The van der Waals surface area contributed by atoms with Crippen molar-refractivity contribution in [3.05, 3.63) is 40.7 Å². The van der Waals surface area contributed by atoms with Crippen LogP contribution in [0.2, 0.25) is 0 Å². The molecule has 0 spiro atoms. The Hall–Kier alpha value is -2.88. The van der Waals surface area contributed by atoms with Crippen molar-refractivity contribution in [2.24, 2.45) is 0 Å². The lowest BCUT2D eigenvalue weighted by atomic mass is 10.2. The van der Waals surface area contributed by atoms with Crippen LogP contribution >= 0.6 is 0 Å². The van der Waals surface area contributed by atoms with Gasteiger partial charge in [0.2, 0.25) is 11.6 Å². The van der Waals surface area contributed by atoms with Crippen LogP contribution in [0.1, 0.15) is 0 Å². The summed E-state index contributed by atoms with van der Waals surface area (Å²) in [5, 5.41) is 19.6. The molecule has 1 aliphatic rings. The van der Waals surface area contributed by atoms with Gasteiger partial charge in [0.05, 0.1) is 13.3 Å². The van der Waals surface area contributed by atoms with Gasteiger partial charge in [0.15, 0.2) is 0 Å². The molecule has 116 valence electrons. The number of hydrogen-bond acceptors (Lipinski definition) is 7. The van der Waals surface area contributed by atoms with E-state index < -0.39 is 27.5 Å². The Morgan fingerprint density at radius 3 is 2.59 bits per heavy atom. The molecule has 2 heterocycles. The van der Waals surface area contributed by atoms with E-state index in [1.807, 2.05) is 4.72 Å². The molecule has 10 heteroatoms. The molecular weight excluding hydrogens is 316 g/mol. The number of methoxy groups -OCH3 is 1. The highest BCUT2D eigenvalue weighted by molar-refractivity contribution is 7.91. The predicted octanol–water partition coefficient (Wildman–Crippen LogP) is 0.518.